The van der Waals surface area contributed by atoms with Gasteiger partial charge in [0.1, 0.15) is 5.82 Å². The third-order valence-corrected chi connectivity index (χ3v) is 3.59. The predicted molar refractivity (Wildman–Crippen MR) is 73.3 cm³/mol. The summed E-state index contributed by atoms with van der Waals surface area (Å²) in [5, 5.41) is 18.8. The Morgan fingerprint density at radius 2 is 2.16 bits per heavy atom. The van der Waals surface area contributed by atoms with Gasteiger partial charge in [-0.25, -0.2) is 4.98 Å². The number of aliphatic hydroxyl groups is 2. The highest BCUT2D eigenvalue weighted by atomic mass is 16.5. The van der Waals surface area contributed by atoms with E-state index in [9.17, 15) is 10.2 Å². The second-order valence-corrected chi connectivity index (χ2v) is 5.18. The normalized spacial score (nSPS) is 23.7. The third-order valence-electron chi connectivity index (χ3n) is 3.59. The summed E-state index contributed by atoms with van der Waals surface area (Å²) in [5.74, 6) is 0.814. The van der Waals surface area contributed by atoms with Crippen LogP contribution < -0.4 is 4.90 Å². The minimum absolute atomic E-state index is 0.00246. The second-order valence-electron chi connectivity index (χ2n) is 5.18. The molecule has 5 nitrogen and oxygen atoms in total. The van der Waals surface area contributed by atoms with Crippen molar-refractivity contribution in [3.8, 4) is 0 Å². The van der Waals surface area contributed by atoms with Crippen LogP contribution in [0.2, 0.25) is 0 Å². The lowest BCUT2D eigenvalue weighted by Gasteiger charge is -2.39. The van der Waals surface area contributed by atoms with Gasteiger partial charge >= 0.3 is 0 Å². The van der Waals surface area contributed by atoms with Crippen LogP contribution in [0.4, 0.5) is 5.82 Å². The van der Waals surface area contributed by atoms with E-state index in [2.05, 4.69) is 16.8 Å². The average molecular weight is 266 g/mol. The molecule has 19 heavy (non-hydrogen) atoms. The van der Waals surface area contributed by atoms with Gasteiger partial charge in [0.25, 0.3) is 0 Å². The first-order valence-corrected chi connectivity index (χ1v) is 6.64. The highest BCUT2D eigenvalue weighted by Crippen LogP contribution is 2.26. The zero-order chi connectivity index (χ0) is 14.0. The van der Waals surface area contributed by atoms with E-state index < -0.39 is 0 Å². The number of aromatic nitrogens is 1. The van der Waals surface area contributed by atoms with Gasteiger partial charge in [-0.1, -0.05) is 0 Å². The molecule has 1 aromatic heterocycles. The van der Waals surface area contributed by atoms with Gasteiger partial charge in [-0.3, -0.25) is 0 Å². The molecule has 0 bridgehead atoms. The fourth-order valence-electron chi connectivity index (χ4n) is 2.50. The average Bonchev–Trinajstić information content (AvgIpc) is 2.38. The topological polar surface area (TPSA) is 65.8 Å². The number of aliphatic hydroxyl groups excluding tert-OH is 2. The van der Waals surface area contributed by atoms with Crippen molar-refractivity contribution >= 4 is 5.82 Å². The lowest BCUT2D eigenvalue weighted by Crippen LogP contribution is -2.50. The van der Waals surface area contributed by atoms with Crippen LogP contribution in [0.1, 0.15) is 23.7 Å². The standard InChI is InChI=1S/C14H22N2O3/c1-9-4-10(2)15-14(13(9)7-18)16-5-12(6-17)19-8-11(16)3/h4,11-12,17-18H,5-8H2,1-3H3. The van der Waals surface area contributed by atoms with Crippen LogP contribution in [0.5, 0.6) is 0 Å². The molecule has 1 aliphatic heterocycles. The molecule has 2 rings (SSSR count). The molecule has 0 aromatic carbocycles. The number of morpholine rings is 1. The molecule has 1 saturated heterocycles. The first kappa shape index (κ1) is 14.2. The monoisotopic (exact) mass is 266 g/mol. The van der Waals surface area contributed by atoms with Crippen molar-refractivity contribution in [2.24, 2.45) is 0 Å². The first-order valence-electron chi connectivity index (χ1n) is 6.64. The summed E-state index contributed by atoms with van der Waals surface area (Å²) in [5.41, 5.74) is 2.84. The maximum absolute atomic E-state index is 9.58. The van der Waals surface area contributed by atoms with Crippen molar-refractivity contribution in [3.63, 3.8) is 0 Å². The van der Waals surface area contributed by atoms with Crippen molar-refractivity contribution in [2.45, 2.75) is 39.5 Å². The molecule has 1 aromatic rings. The molecular formula is C14H22N2O3. The Hall–Kier alpha value is -1.17. The summed E-state index contributed by atoms with van der Waals surface area (Å²) < 4.78 is 5.54. The Labute approximate surface area is 113 Å². The molecule has 2 atom stereocenters. The van der Waals surface area contributed by atoms with Gasteiger partial charge in [0.05, 0.1) is 32.0 Å². The molecule has 2 unspecified atom stereocenters. The van der Waals surface area contributed by atoms with E-state index in [1.807, 2.05) is 19.9 Å². The molecule has 5 heteroatoms. The molecule has 1 aliphatic rings. The number of ether oxygens (including phenoxy) is 1. The maximum Gasteiger partial charge on any atom is 0.135 e. The number of pyridine rings is 1. The lowest BCUT2D eigenvalue weighted by molar-refractivity contribution is -0.0106. The van der Waals surface area contributed by atoms with Gasteiger partial charge in [0.15, 0.2) is 0 Å². The Morgan fingerprint density at radius 3 is 2.79 bits per heavy atom. The molecule has 0 spiro atoms. The van der Waals surface area contributed by atoms with Gasteiger partial charge in [-0.05, 0) is 32.4 Å². The fourth-order valence-corrected chi connectivity index (χ4v) is 2.50. The summed E-state index contributed by atoms with van der Waals surface area (Å²) in [6.07, 6.45) is -0.189. The van der Waals surface area contributed by atoms with Gasteiger partial charge in [0, 0.05) is 17.8 Å². The minimum atomic E-state index is -0.189. The molecule has 0 saturated carbocycles. The van der Waals surface area contributed by atoms with Crippen LogP contribution in [0, 0.1) is 13.8 Å². The minimum Gasteiger partial charge on any atom is -0.394 e. The molecule has 1 fully saturated rings. The Morgan fingerprint density at radius 1 is 1.42 bits per heavy atom. The number of aryl methyl sites for hydroxylation is 2. The molecule has 106 valence electrons. The summed E-state index contributed by atoms with van der Waals surface area (Å²) in [7, 11) is 0. The first-order chi connectivity index (χ1) is 9.06. The zero-order valence-corrected chi connectivity index (χ0v) is 11.8. The van der Waals surface area contributed by atoms with E-state index in [1.54, 1.807) is 0 Å². The van der Waals surface area contributed by atoms with Crippen molar-refractivity contribution in [1.29, 1.82) is 0 Å². The number of rotatable bonds is 3. The maximum atomic E-state index is 9.58. The van der Waals surface area contributed by atoms with E-state index in [0.717, 1.165) is 22.6 Å². The highest BCUT2D eigenvalue weighted by molar-refractivity contribution is 5.52. The molecule has 0 aliphatic carbocycles. The van der Waals surface area contributed by atoms with Crippen LogP contribution in [0.25, 0.3) is 0 Å². The summed E-state index contributed by atoms with van der Waals surface area (Å²) in [4.78, 5) is 6.70. The van der Waals surface area contributed by atoms with Crippen molar-refractivity contribution in [1.82, 2.24) is 4.98 Å². The molecular weight excluding hydrogens is 244 g/mol. The van der Waals surface area contributed by atoms with Crippen LogP contribution >= 0.6 is 0 Å². The molecule has 0 radical (unpaired) electrons. The van der Waals surface area contributed by atoms with Crippen molar-refractivity contribution in [3.05, 3.63) is 22.9 Å². The van der Waals surface area contributed by atoms with E-state index in [1.165, 1.54) is 0 Å². The van der Waals surface area contributed by atoms with E-state index >= 15 is 0 Å². The van der Waals surface area contributed by atoms with Gasteiger partial charge in [-0.15, -0.1) is 0 Å². The van der Waals surface area contributed by atoms with Crippen LogP contribution in [0.3, 0.4) is 0 Å². The molecule has 2 heterocycles. The lowest BCUT2D eigenvalue weighted by atomic mass is 10.1. The smallest absolute Gasteiger partial charge is 0.135 e. The Kier molecular flexibility index (Phi) is 4.39. The fraction of sp³-hybridized carbons (Fsp3) is 0.643. The summed E-state index contributed by atoms with van der Waals surface area (Å²) >= 11 is 0. The predicted octanol–water partition coefficient (Wildman–Crippen LogP) is 0.777. The number of hydrogen-bond donors (Lipinski definition) is 2. The van der Waals surface area contributed by atoms with E-state index in [4.69, 9.17) is 4.74 Å². The second kappa shape index (κ2) is 5.86. The third kappa shape index (κ3) is 2.88. The summed E-state index contributed by atoms with van der Waals surface area (Å²) in [6.45, 7) is 7.13. The van der Waals surface area contributed by atoms with Crippen LogP contribution in [0.15, 0.2) is 6.07 Å². The number of hydrogen-bond acceptors (Lipinski definition) is 5. The van der Waals surface area contributed by atoms with Crippen LogP contribution in [-0.2, 0) is 11.3 Å². The Bertz CT molecular complexity index is 451. The van der Waals surface area contributed by atoms with Crippen molar-refractivity contribution < 1.29 is 14.9 Å². The zero-order valence-electron chi connectivity index (χ0n) is 11.8. The largest absolute Gasteiger partial charge is 0.394 e. The van der Waals surface area contributed by atoms with E-state index in [-0.39, 0.29) is 25.4 Å². The molecule has 0 amide bonds. The SMILES string of the molecule is Cc1cc(C)c(CO)c(N2CC(CO)OCC2C)n1. The quantitative estimate of drug-likeness (QED) is 0.846. The van der Waals surface area contributed by atoms with Crippen LogP contribution in [-0.4, -0.2) is 47.1 Å². The number of nitrogens with zero attached hydrogens (tertiary/aromatic N) is 2. The Balaban J connectivity index is 2.38. The van der Waals surface area contributed by atoms with E-state index in [0.29, 0.717) is 13.2 Å². The van der Waals surface area contributed by atoms with Crippen molar-refractivity contribution in [2.75, 3.05) is 24.7 Å². The van der Waals surface area contributed by atoms with Gasteiger partial charge < -0.3 is 19.8 Å². The molecule has 2 N–H and O–H groups in total. The van der Waals surface area contributed by atoms with Gasteiger partial charge in [0.2, 0.25) is 0 Å². The van der Waals surface area contributed by atoms with Gasteiger partial charge in [-0.2, -0.15) is 0 Å². The highest BCUT2D eigenvalue weighted by Gasteiger charge is 2.28. The summed E-state index contributed by atoms with van der Waals surface area (Å²) in [6, 6.07) is 2.16. The number of anilines is 1.